The van der Waals surface area contributed by atoms with Crippen LogP contribution in [0.4, 0.5) is 4.39 Å². The standard InChI is InChI=1S/C21H29FN4O3S2/c1-11(2)14-7-13(9-23)19(22)18(12(3)4)15(14)8-17(27)26-31(24,29)20-25-16(10-30-20)21(5,6)28/h7,11-12,16,28H,8,10H2,1-6H3,(H2,24,26,27,29). The van der Waals surface area contributed by atoms with Crippen molar-refractivity contribution in [2.24, 2.45) is 14.5 Å². The lowest BCUT2D eigenvalue weighted by Gasteiger charge is -2.21. The molecule has 1 heterocycles. The van der Waals surface area contributed by atoms with Crippen LogP contribution in [0.5, 0.6) is 0 Å². The van der Waals surface area contributed by atoms with Crippen LogP contribution in [0, 0.1) is 17.1 Å². The van der Waals surface area contributed by atoms with Gasteiger partial charge in [-0.1, -0.05) is 39.5 Å². The average molecular weight is 469 g/mol. The van der Waals surface area contributed by atoms with Gasteiger partial charge in [0.1, 0.15) is 11.9 Å². The third kappa shape index (κ3) is 5.71. The van der Waals surface area contributed by atoms with E-state index in [2.05, 4.69) is 9.36 Å². The summed E-state index contributed by atoms with van der Waals surface area (Å²) in [6.45, 7) is 10.5. The summed E-state index contributed by atoms with van der Waals surface area (Å²) in [4.78, 5) is 17.0. The molecule has 2 atom stereocenters. The average Bonchev–Trinajstić information content (AvgIpc) is 3.12. The summed E-state index contributed by atoms with van der Waals surface area (Å²) in [5.74, 6) is -1.37. The number of hydrogen-bond donors (Lipinski definition) is 2. The Labute approximate surface area is 187 Å². The zero-order chi connectivity index (χ0) is 23.7. The maximum atomic E-state index is 14.9. The second-order valence-corrected chi connectivity index (χ2v) is 11.7. The Kier molecular flexibility index (Phi) is 7.69. The topological polar surface area (TPSA) is 129 Å². The number of nitriles is 1. The van der Waals surface area contributed by atoms with Crippen LogP contribution < -0.4 is 5.14 Å². The van der Waals surface area contributed by atoms with E-state index in [0.717, 1.165) is 11.8 Å². The Hall–Kier alpha value is -1.80. The molecule has 3 N–H and O–H groups in total. The number of amides is 1. The number of rotatable bonds is 5. The predicted octanol–water partition coefficient (Wildman–Crippen LogP) is 3.60. The van der Waals surface area contributed by atoms with Crippen molar-refractivity contribution in [2.75, 3.05) is 5.75 Å². The van der Waals surface area contributed by atoms with Gasteiger partial charge < -0.3 is 5.11 Å². The van der Waals surface area contributed by atoms with Crippen molar-refractivity contribution < 1.29 is 18.5 Å². The maximum absolute atomic E-state index is 14.9. The summed E-state index contributed by atoms with van der Waals surface area (Å²) in [6, 6.07) is 2.82. The van der Waals surface area contributed by atoms with Crippen molar-refractivity contribution in [3.05, 3.63) is 34.1 Å². The number of benzene rings is 1. The van der Waals surface area contributed by atoms with E-state index >= 15 is 0 Å². The fourth-order valence-electron chi connectivity index (χ4n) is 3.38. The van der Waals surface area contributed by atoms with Crippen LogP contribution in [0.3, 0.4) is 0 Å². The quantitative estimate of drug-likeness (QED) is 0.682. The largest absolute Gasteiger partial charge is 0.388 e. The molecule has 2 rings (SSSR count). The first-order valence-corrected chi connectivity index (χ1v) is 12.5. The van der Waals surface area contributed by atoms with Gasteiger partial charge in [0.2, 0.25) is 0 Å². The summed E-state index contributed by atoms with van der Waals surface area (Å²) in [5.41, 5.74) is 0.207. The Bertz CT molecular complexity index is 1080. The van der Waals surface area contributed by atoms with Crippen LogP contribution in [0.2, 0.25) is 0 Å². The number of halogens is 1. The van der Waals surface area contributed by atoms with E-state index < -0.39 is 33.3 Å². The molecule has 10 heteroatoms. The lowest BCUT2D eigenvalue weighted by Crippen LogP contribution is -2.34. The molecule has 1 amide bonds. The lowest BCUT2D eigenvalue weighted by molar-refractivity contribution is -0.117. The van der Waals surface area contributed by atoms with Gasteiger partial charge in [-0.3, -0.25) is 9.79 Å². The summed E-state index contributed by atoms with van der Waals surface area (Å²) in [5, 5.41) is 25.2. The first kappa shape index (κ1) is 25.5. The first-order valence-electron chi connectivity index (χ1n) is 9.95. The van der Waals surface area contributed by atoms with Crippen molar-refractivity contribution in [2.45, 2.75) is 71.4 Å². The van der Waals surface area contributed by atoms with Crippen molar-refractivity contribution in [3.8, 4) is 6.07 Å². The highest BCUT2D eigenvalue weighted by atomic mass is 32.3. The van der Waals surface area contributed by atoms with Gasteiger partial charge in [-0.25, -0.2) is 13.7 Å². The third-order valence-electron chi connectivity index (χ3n) is 5.02. The molecule has 7 nitrogen and oxygen atoms in total. The van der Waals surface area contributed by atoms with Crippen LogP contribution in [0.15, 0.2) is 15.4 Å². The molecule has 1 aliphatic heterocycles. The molecule has 170 valence electrons. The molecule has 1 aromatic rings. The van der Waals surface area contributed by atoms with E-state index in [1.165, 1.54) is 6.07 Å². The number of thioether (sulfide) groups is 1. The molecule has 0 fully saturated rings. The summed E-state index contributed by atoms with van der Waals surface area (Å²) < 4.78 is 31.6. The minimum atomic E-state index is -3.58. The van der Waals surface area contributed by atoms with Gasteiger partial charge in [-0.2, -0.15) is 5.26 Å². The molecule has 1 aliphatic rings. The monoisotopic (exact) mass is 468 g/mol. The van der Waals surface area contributed by atoms with Crippen molar-refractivity contribution in [3.63, 3.8) is 0 Å². The van der Waals surface area contributed by atoms with Crippen molar-refractivity contribution in [1.29, 1.82) is 5.26 Å². The molecular formula is C21H29FN4O3S2. The second kappa shape index (κ2) is 9.36. The molecule has 0 saturated carbocycles. The summed E-state index contributed by atoms with van der Waals surface area (Å²) in [6.07, 6.45) is -0.287. The van der Waals surface area contributed by atoms with Gasteiger partial charge >= 0.3 is 0 Å². The van der Waals surface area contributed by atoms with Crippen LogP contribution >= 0.6 is 11.8 Å². The molecule has 0 spiro atoms. The van der Waals surface area contributed by atoms with E-state index in [9.17, 15) is 23.8 Å². The molecule has 1 aromatic carbocycles. The van der Waals surface area contributed by atoms with E-state index in [1.54, 1.807) is 27.7 Å². The number of nitrogens with two attached hydrogens (primary N) is 1. The molecule has 0 bridgehead atoms. The van der Waals surface area contributed by atoms with Gasteiger partial charge in [0, 0.05) is 5.75 Å². The van der Waals surface area contributed by atoms with Gasteiger partial charge in [-0.15, -0.1) is 4.36 Å². The van der Waals surface area contributed by atoms with E-state index in [0.29, 0.717) is 16.9 Å². The van der Waals surface area contributed by atoms with Crippen molar-refractivity contribution >= 4 is 32.0 Å². The smallest absolute Gasteiger partial charge is 0.259 e. The highest BCUT2D eigenvalue weighted by Gasteiger charge is 2.34. The number of hydrogen-bond acceptors (Lipinski definition) is 6. The fourth-order valence-corrected chi connectivity index (χ4v) is 6.08. The molecule has 0 aliphatic carbocycles. The van der Waals surface area contributed by atoms with Crippen molar-refractivity contribution in [1.82, 2.24) is 0 Å². The zero-order valence-electron chi connectivity index (χ0n) is 18.6. The summed E-state index contributed by atoms with van der Waals surface area (Å²) in [7, 11) is -3.58. The molecule has 0 radical (unpaired) electrons. The van der Waals surface area contributed by atoms with Gasteiger partial charge in [0.15, 0.2) is 14.3 Å². The van der Waals surface area contributed by atoms with Gasteiger partial charge in [-0.05, 0) is 48.4 Å². The Morgan fingerprint density at radius 1 is 1.45 bits per heavy atom. The van der Waals surface area contributed by atoms with E-state index in [-0.39, 0.29) is 33.8 Å². The fraction of sp³-hybridized carbons (Fsp3) is 0.571. The van der Waals surface area contributed by atoms with Crippen LogP contribution in [-0.2, 0) is 21.1 Å². The van der Waals surface area contributed by atoms with Crippen LogP contribution in [0.25, 0.3) is 0 Å². The Morgan fingerprint density at radius 2 is 2.06 bits per heavy atom. The number of aliphatic imine (C=N–C) groups is 1. The Morgan fingerprint density at radius 3 is 2.52 bits per heavy atom. The molecular weight excluding hydrogens is 439 g/mol. The predicted molar refractivity (Wildman–Crippen MR) is 123 cm³/mol. The van der Waals surface area contributed by atoms with Gasteiger partial charge in [0.05, 0.1) is 23.6 Å². The highest BCUT2D eigenvalue weighted by molar-refractivity contribution is 8.35. The number of carbonyl (C=O) groups excluding carboxylic acids is 1. The molecule has 0 saturated heterocycles. The summed E-state index contributed by atoms with van der Waals surface area (Å²) >= 11 is 1.10. The van der Waals surface area contributed by atoms with E-state index in [1.807, 2.05) is 19.9 Å². The second-order valence-electron chi connectivity index (χ2n) is 8.75. The van der Waals surface area contributed by atoms with Gasteiger partial charge in [0.25, 0.3) is 5.91 Å². The molecule has 2 unspecified atom stereocenters. The normalized spacial score (nSPS) is 18.6. The minimum absolute atomic E-state index is 0.0205. The van der Waals surface area contributed by atoms with Crippen LogP contribution in [0.1, 0.15) is 75.6 Å². The number of nitrogens with zero attached hydrogens (tertiary/aromatic N) is 3. The SMILES string of the molecule is CC(C)c1cc(C#N)c(F)c(C(C)C)c1CC(=O)N=S(N)(=O)C1=NC(C(C)(C)O)CS1. The first-order chi connectivity index (χ1) is 14.2. The van der Waals surface area contributed by atoms with E-state index in [4.69, 9.17) is 5.14 Å². The Balaban J connectivity index is 2.49. The maximum Gasteiger partial charge on any atom is 0.259 e. The zero-order valence-corrected chi connectivity index (χ0v) is 20.2. The number of aliphatic hydroxyl groups is 1. The lowest BCUT2D eigenvalue weighted by atomic mass is 9.85. The third-order valence-corrected chi connectivity index (χ3v) is 8.01. The van der Waals surface area contributed by atoms with Crippen LogP contribution in [-0.4, -0.2) is 37.0 Å². The highest BCUT2D eigenvalue weighted by Crippen LogP contribution is 2.33. The molecule has 31 heavy (non-hydrogen) atoms. The number of carbonyl (C=O) groups is 1. The minimum Gasteiger partial charge on any atom is -0.388 e. The molecule has 0 aromatic heterocycles.